The standard InChI is InChI=1S/C14H18F2N2O3S/c1-17-6-7-21-13-4-5-18(9-12(13)17)22(19,20)14-8-10(15)2-3-11(14)16/h2-3,8,12-13H,4-7,9H2,1H3/t12-,13-/m0/s1. The number of benzene rings is 1. The van der Waals surface area contributed by atoms with E-state index in [0.29, 0.717) is 13.0 Å². The number of likely N-dealkylation sites (N-methyl/N-ethyl adjacent to an activating group) is 1. The van der Waals surface area contributed by atoms with E-state index in [1.807, 2.05) is 7.05 Å². The van der Waals surface area contributed by atoms with Crippen LogP contribution in [0.15, 0.2) is 23.1 Å². The zero-order chi connectivity index (χ0) is 15.9. The van der Waals surface area contributed by atoms with Crippen molar-refractivity contribution in [1.82, 2.24) is 9.21 Å². The summed E-state index contributed by atoms with van der Waals surface area (Å²) in [6.07, 6.45) is 0.535. The number of sulfonamides is 1. The molecule has 0 bridgehead atoms. The van der Waals surface area contributed by atoms with Crippen molar-refractivity contribution in [2.75, 3.05) is 33.3 Å². The van der Waals surface area contributed by atoms with E-state index in [1.165, 1.54) is 4.31 Å². The van der Waals surface area contributed by atoms with Gasteiger partial charge in [0.2, 0.25) is 10.0 Å². The fourth-order valence-electron chi connectivity index (χ4n) is 3.04. The van der Waals surface area contributed by atoms with Crippen molar-refractivity contribution in [3.05, 3.63) is 29.8 Å². The Morgan fingerprint density at radius 3 is 2.82 bits per heavy atom. The fourth-order valence-corrected chi connectivity index (χ4v) is 4.59. The number of rotatable bonds is 2. The molecule has 0 N–H and O–H groups in total. The summed E-state index contributed by atoms with van der Waals surface area (Å²) in [5.41, 5.74) is 0. The van der Waals surface area contributed by atoms with Gasteiger partial charge in [0.25, 0.3) is 0 Å². The molecule has 0 aromatic heterocycles. The second-order valence-electron chi connectivity index (χ2n) is 5.68. The molecule has 0 spiro atoms. The average molecular weight is 332 g/mol. The van der Waals surface area contributed by atoms with Crippen molar-refractivity contribution in [3.63, 3.8) is 0 Å². The Labute approximate surface area is 128 Å². The summed E-state index contributed by atoms with van der Waals surface area (Å²) in [6, 6.07) is 2.42. The van der Waals surface area contributed by atoms with Crippen LogP contribution in [0.25, 0.3) is 0 Å². The van der Waals surface area contributed by atoms with Gasteiger partial charge in [-0.25, -0.2) is 17.2 Å². The number of halogens is 2. The summed E-state index contributed by atoms with van der Waals surface area (Å²) >= 11 is 0. The molecule has 0 unspecified atom stereocenters. The molecule has 2 aliphatic rings. The van der Waals surface area contributed by atoms with E-state index >= 15 is 0 Å². The van der Waals surface area contributed by atoms with Gasteiger partial charge < -0.3 is 4.74 Å². The van der Waals surface area contributed by atoms with Crippen LogP contribution >= 0.6 is 0 Å². The van der Waals surface area contributed by atoms with Crippen LogP contribution in [-0.2, 0) is 14.8 Å². The van der Waals surface area contributed by atoms with E-state index in [9.17, 15) is 17.2 Å². The van der Waals surface area contributed by atoms with Crippen LogP contribution in [-0.4, -0.2) is 63.1 Å². The first-order valence-electron chi connectivity index (χ1n) is 7.16. The molecule has 2 fully saturated rings. The largest absolute Gasteiger partial charge is 0.375 e. The van der Waals surface area contributed by atoms with E-state index < -0.39 is 26.6 Å². The van der Waals surface area contributed by atoms with Crippen molar-refractivity contribution in [3.8, 4) is 0 Å². The van der Waals surface area contributed by atoms with Crippen LogP contribution in [0.2, 0.25) is 0 Å². The van der Waals surface area contributed by atoms with E-state index in [-0.39, 0.29) is 25.2 Å². The minimum absolute atomic E-state index is 0.0115. The van der Waals surface area contributed by atoms with Gasteiger partial charge in [0.15, 0.2) is 0 Å². The first-order valence-corrected chi connectivity index (χ1v) is 8.60. The lowest BCUT2D eigenvalue weighted by Crippen LogP contribution is -2.59. The number of hydrogen-bond donors (Lipinski definition) is 0. The predicted molar refractivity (Wildman–Crippen MR) is 75.9 cm³/mol. The third-order valence-electron chi connectivity index (χ3n) is 4.34. The number of hydrogen-bond acceptors (Lipinski definition) is 4. The highest BCUT2D eigenvalue weighted by molar-refractivity contribution is 7.89. The monoisotopic (exact) mass is 332 g/mol. The molecule has 3 rings (SSSR count). The molecule has 0 amide bonds. The smallest absolute Gasteiger partial charge is 0.246 e. The maximum Gasteiger partial charge on any atom is 0.246 e. The molecule has 1 aromatic carbocycles. The van der Waals surface area contributed by atoms with Gasteiger partial charge in [-0.2, -0.15) is 4.31 Å². The van der Waals surface area contributed by atoms with Gasteiger partial charge in [-0.05, 0) is 31.7 Å². The van der Waals surface area contributed by atoms with Crippen LogP contribution in [0.4, 0.5) is 8.78 Å². The maximum atomic E-state index is 13.8. The van der Waals surface area contributed by atoms with E-state index in [2.05, 4.69) is 4.90 Å². The molecule has 2 saturated heterocycles. The number of piperidine rings is 1. The predicted octanol–water partition coefficient (Wildman–Crippen LogP) is 1.06. The van der Waals surface area contributed by atoms with Crippen LogP contribution in [0.5, 0.6) is 0 Å². The van der Waals surface area contributed by atoms with Crippen LogP contribution in [0.1, 0.15) is 6.42 Å². The summed E-state index contributed by atoms with van der Waals surface area (Å²) in [7, 11) is -2.14. The van der Waals surface area contributed by atoms with Gasteiger partial charge in [-0.3, -0.25) is 4.90 Å². The molecule has 1 aromatic rings. The van der Waals surface area contributed by atoms with Crippen molar-refractivity contribution in [1.29, 1.82) is 0 Å². The molecule has 2 aliphatic heterocycles. The van der Waals surface area contributed by atoms with Crippen molar-refractivity contribution in [2.24, 2.45) is 0 Å². The first-order chi connectivity index (χ1) is 10.4. The second-order valence-corrected chi connectivity index (χ2v) is 7.59. The summed E-state index contributed by atoms with van der Waals surface area (Å²) in [4.78, 5) is 1.45. The molecule has 8 heteroatoms. The normalized spacial score (nSPS) is 27.6. The molecular formula is C14H18F2N2O3S. The van der Waals surface area contributed by atoms with Crippen LogP contribution < -0.4 is 0 Å². The summed E-state index contributed by atoms with van der Waals surface area (Å²) in [5, 5.41) is 0. The van der Waals surface area contributed by atoms with Gasteiger partial charge in [0, 0.05) is 25.7 Å². The average Bonchev–Trinajstić information content (AvgIpc) is 2.49. The lowest BCUT2D eigenvalue weighted by molar-refractivity contribution is -0.0840. The molecule has 2 atom stereocenters. The maximum absolute atomic E-state index is 13.8. The molecule has 5 nitrogen and oxygen atoms in total. The number of ether oxygens (including phenoxy) is 1. The van der Waals surface area contributed by atoms with E-state index in [0.717, 1.165) is 24.7 Å². The van der Waals surface area contributed by atoms with Gasteiger partial charge in [0.05, 0.1) is 12.7 Å². The van der Waals surface area contributed by atoms with Gasteiger partial charge in [0.1, 0.15) is 16.5 Å². The first kappa shape index (κ1) is 15.8. The summed E-state index contributed by atoms with van der Waals surface area (Å²) < 4.78 is 59.2. The highest BCUT2D eigenvalue weighted by Gasteiger charge is 2.40. The third kappa shape index (κ3) is 2.76. The minimum Gasteiger partial charge on any atom is -0.375 e. The van der Waals surface area contributed by atoms with E-state index in [1.54, 1.807) is 0 Å². The Morgan fingerprint density at radius 2 is 2.05 bits per heavy atom. The summed E-state index contributed by atoms with van der Waals surface area (Å²) in [5.74, 6) is -1.70. The van der Waals surface area contributed by atoms with Gasteiger partial charge in [-0.15, -0.1) is 0 Å². The molecule has 0 aliphatic carbocycles. The SMILES string of the molecule is CN1CCO[C@H]2CCN(S(=O)(=O)c3cc(F)ccc3F)C[C@@H]21. The fraction of sp³-hybridized carbons (Fsp3) is 0.571. The highest BCUT2D eigenvalue weighted by Crippen LogP contribution is 2.27. The Balaban J connectivity index is 1.88. The third-order valence-corrected chi connectivity index (χ3v) is 6.22. The quantitative estimate of drug-likeness (QED) is 0.813. The molecule has 122 valence electrons. The van der Waals surface area contributed by atoms with E-state index in [4.69, 9.17) is 4.74 Å². The van der Waals surface area contributed by atoms with Crippen molar-refractivity contribution in [2.45, 2.75) is 23.5 Å². The summed E-state index contributed by atoms with van der Waals surface area (Å²) in [6.45, 7) is 1.82. The van der Waals surface area contributed by atoms with Crippen LogP contribution in [0, 0.1) is 11.6 Å². The van der Waals surface area contributed by atoms with Gasteiger partial charge in [-0.1, -0.05) is 0 Å². The van der Waals surface area contributed by atoms with Crippen molar-refractivity contribution < 1.29 is 21.9 Å². The molecular weight excluding hydrogens is 314 g/mol. The zero-order valence-corrected chi connectivity index (χ0v) is 13.0. The van der Waals surface area contributed by atoms with Crippen molar-refractivity contribution >= 4 is 10.0 Å². The molecule has 2 heterocycles. The molecule has 22 heavy (non-hydrogen) atoms. The number of morpholine rings is 1. The lowest BCUT2D eigenvalue weighted by Gasteiger charge is -2.45. The highest BCUT2D eigenvalue weighted by atomic mass is 32.2. The minimum atomic E-state index is -4.05. The Kier molecular flexibility index (Phi) is 4.19. The Hall–Kier alpha value is -1.09. The topological polar surface area (TPSA) is 49.9 Å². The lowest BCUT2D eigenvalue weighted by atomic mass is 10.0. The second kappa shape index (κ2) is 5.84. The van der Waals surface area contributed by atoms with Gasteiger partial charge >= 0.3 is 0 Å². The zero-order valence-electron chi connectivity index (χ0n) is 12.2. The molecule has 0 radical (unpaired) electrons. The molecule has 0 saturated carbocycles. The number of fused-ring (bicyclic) bond motifs is 1. The Bertz CT molecular complexity index is 668. The number of nitrogens with zero attached hydrogens (tertiary/aromatic N) is 2. The Morgan fingerprint density at radius 1 is 1.27 bits per heavy atom. The van der Waals surface area contributed by atoms with Crippen LogP contribution in [0.3, 0.4) is 0 Å².